The maximum atomic E-state index is 12.5. The quantitative estimate of drug-likeness (QED) is 0.733. The standard InChI is InChI=1S/C12H22N4O/c1-4-7-16-10(8-14-15-16)11(17)12(5-2,6-3)9-13/h8H,4-7,9,13H2,1-3H3. The molecule has 0 aromatic carbocycles. The molecular formula is C12H22N4O. The first kappa shape index (κ1) is 13.8. The van der Waals surface area contributed by atoms with Gasteiger partial charge in [0.1, 0.15) is 5.69 Å². The molecule has 5 nitrogen and oxygen atoms in total. The minimum Gasteiger partial charge on any atom is -0.329 e. The summed E-state index contributed by atoms with van der Waals surface area (Å²) in [6.07, 6.45) is 3.97. The van der Waals surface area contributed by atoms with Crippen LogP contribution in [0, 0.1) is 5.41 Å². The third-order valence-electron chi connectivity index (χ3n) is 3.51. The normalized spacial score (nSPS) is 11.8. The lowest BCUT2D eigenvalue weighted by molar-refractivity contribution is 0.0775. The predicted molar refractivity (Wildman–Crippen MR) is 66.7 cm³/mol. The highest BCUT2D eigenvalue weighted by molar-refractivity contribution is 5.99. The Morgan fingerprint density at radius 1 is 1.41 bits per heavy atom. The summed E-state index contributed by atoms with van der Waals surface area (Å²) in [5, 5.41) is 7.78. The predicted octanol–water partition coefficient (Wildman–Crippen LogP) is 1.64. The number of aryl methyl sites for hydroxylation is 1. The summed E-state index contributed by atoms with van der Waals surface area (Å²) in [6, 6.07) is 0. The van der Waals surface area contributed by atoms with E-state index < -0.39 is 5.41 Å². The van der Waals surface area contributed by atoms with Crippen LogP contribution < -0.4 is 5.73 Å². The molecule has 0 fully saturated rings. The highest BCUT2D eigenvalue weighted by Crippen LogP contribution is 2.29. The molecule has 1 rings (SSSR count). The lowest BCUT2D eigenvalue weighted by Crippen LogP contribution is -2.38. The second-order valence-electron chi connectivity index (χ2n) is 4.36. The van der Waals surface area contributed by atoms with E-state index in [1.54, 1.807) is 10.9 Å². The van der Waals surface area contributed by atoms with E-state index in [0.29, 0.717) is 12.2 Å². The van der Waals surface area contributed by atoms with Gasteiger partial charge in [-0.1, -0.05) is 26.0 Å². The van der Waals surface area contributed by atoms with Crippen LogP contribution in [0.1, 0.15) is 50.5 Å². The number of nitrogens with zero attached hydrogens (tertiary/aromatic N) is 3. The largest absolute Gasteiger partial charge is 0.329 e. The van der Waals surface area contributed by atoms with Crippen molar-refractivity contribution in [3.63, 3.8) is 0 Å². The van der Waals surface area contributed by atoms with Crippen molar-refractivity contribution >= 4 is 5.78 Å². The first-order chi connectivity index (χ1) is 8.15. The molecule has 0 radical (unpaired) electrons. The van der Waals surface area contributed by atoms with Gasteiger partial charge < -0.3 is 5.73 Å². The third kappa shape index (κ3) is 2.54. The van der Waals surface area contributed by atoms with E-state index in [4.69, 9.17) is 5.73 Å². The first-order valence-electron chi connectivity index (χ1n) is 6.28. The van der Waals surface area contributed by atoms with Crippen molar-refractivity contribution in [3.05, 3.63) is 11.9 Å². The van der Waals surface area contributed by atoms with Crippen LogP contribution in [0.3, 0.4) is 0 Å². The fourth-order valence-electron chi connectivity index (χ4n) is 2.03. The van der Waals surface area contributed by atoms with E-state index in [1.165, 1.54) is 0 Å². The van der Waals surface area contributed by atoms with Gasteiger partial charge in [0.25, 0.3) is 0 Å². The second kappa shape index (κ2) is 5.91. The number of aromatic nitrogens is 3. The van der Waals surface area contributed by atoms with Crippen LogP contribution in [-0.2, 0) is 6.54 Å². The molecule has 0 aliphatic carbocycles. The Kier molecular flexibility index (Phi) is 4.81. The number of carbonyl (C=O) groups is 1. The maximum absolute atomic E-state index is 12.5. The maximum Gasteiger partial charge on any atom is 0.189 e. The summed E-state index contributed by atoms with van der Waals surface area (Å²) in [5.41, 5.74) is 5.91. The minimum absolute atomic E-state index is 0.0726. The van der Waals surface area contributed by atoms with Gasteiger partial charge in [0.15, 0.2) is 5.78 Å². The fourth-order valence-corrected chi connectivity index (χ4v) is 2.03. The Hall–Kier alpha value is -1.23. The molecule has 0 spiro atoms. The monoisotopic (exact) mass is 238 g/mol. The van der Waals surface area contributed by atoms with Gasteiger partial charge in [-0.25, -0.2) is 4.68 Å². The second-order valence-corrected chi connectivity index (χ2v) is 4.36. The minimum atomic E-state index is -0.465. The number of rotatable bonds is 7. The number of hydrogen-bond acceptors (Lipinski definition) is 4. The lowest BCUT2D eigenvalue weighted by Gasteiger charge is -2.28. The van der Waals surface area contributed by atoms with Gasteiger partial charge in [0.05, 0.1) is 6.20 Å². The van der Waals surface area contributed by atoms with Crippen LogP contribution in [0.25, 0.3) is 0 Å². The van der Waals surface area contributed by atoms with Gasteiger partial charge in [0, 0.05) is 18.5 Å². The van der Waals surface area contributed by atoms with Crippen molar-refractivity contribution in [2.75, 3.05) is 6.54 Å². The van der Waals surface area contributed by atoms with Crippen LogP contribution in [0.4, 0.5) is 0 Å². The van der Waals surface area contributed by atoms with Crippen molar-refractivity contribution < 1.29 is 4.79 Å². The molecule has 1 aromatic rings. The van der Waals surface area contributed by atoms with Crippen molar-refractivity contribution in [1.29, 1.82) is 0 Å². The molecule has 0 unspecified atom stereocenters. The summed E-state index contributed by atoms with van der Waals surface area (Å²) >= 11 is 0. The topological polar surface area (TPSA) is 73.8 Å². The van der Waals surface area contributed by atoms with Gasteiger partial charge >= 0.3 is 0 Å². The number of carbonyl (C=O) groups excluding carboxylic acids is 1. The molecular weight excluding hydrogens is 216 g/mol. The van der Waals surface area contributed by atoms with Crippen molar-refractivity contribution in [2.24, 2.45) is 11.1 Å². The van der Waals surface area contributed by atoms with Gasteiger partial charge in [-0.2, -0.15) is 0 Å². The molecule has 1 aromatic heterocycles. The van der Waals surface area contributed by atoms with Crippen molar-refractivity contribution in [2.45, 2.75) is 46.6 Å². The Balaban J connectivity index is 3.05. The third-order valence-corrected chi connectivity index (χ3v) is 3.51. The summed E-state index contributed by atoms with van der Waals surface area (Å²) < 4.78 is 1.68. The molecule has 0 saturated heterocycles. The van der Waals surface area contributed by atoms with E-state index in [0.717, 1.165) is 25.8 Å². The SMILES string of the molecule is CCCn1nncc1C(=O)C(CC)(CC)CN. The summed E-state index contributed by atoms with van der Waals surface area (Å²) in [7, 11) is 0. The Bertz CT molecular complexity index is 360. The summed E-state index contributed by atoms with van der Waals surface area (Å²) in [6.45, 7) is 7.14. The van der Waals surface area contributed by atoms with Crippen molar-refractivity contribution in [1.82, 2.24) is 15.0 Å². The van der Waals surface area contributed by atoms with Crippen LogP contribution in [0.2, 0.25) is 0 Å². The van der Waals surface area contributed by atoms with Crippen molar-refractivity contribution in [3.8, 4) is 0 Å². The zero-order chi connectivity index (χ0) is 12.9. The summed E-state index contributed by atoms with van der Waals surface area (Å²) in [5.74, 6) is 0.0726. The Labute approximate surface area is 102 Å². The van der Waals surface area contributed by atoms with Gasteiger partial charge in [-0.05, 0) is 19.3 Å². The molecule has 0 bridgehead atoms. The fraction of sp³-hybridized carbons (Fsp3) is 0.750. The average molecular weight is 238 g/mol. The molecule has 0 saturated carbocycles. The van der Waals surface area contributed by atoms with E-state index in [-0.39, 0.29) is 5.78 Å². The molecule has 5 heteroatoms. The molecule has 0 aliphatic rings. The van der Waals surface area contributed by atoms with E-state index in [9.17, 15) is 4.79 Å². The van der Waals surface area contributed by atoms with Crippen LogP contribution >= 0.6 is 0 Å². The lowest BCUT2D eigenvalue weighted by atomic mass is 9.77. The number of hydrogen-bond donors (Lipinski definition) is 1. The van der Waals surface area contributed by atoms with Crippen LogP contribution in [0.15, 0.2) is 6.20 Å². The Morgan fingerprint density at radius 3 is 2.53 bits per heavy atom. The van der Waals surface area contributed by atoms with Gasteiger partial charge in [0.2, 0.25) is 0 Å². The summed E-state index contributed by atoms with van der Waals surface area (Å²) in [4.78, 5) is 12.5. The molecule has 96 valence electrons. The highest BCUT2D eigenvalue weighted by Gasteiger charge is 2.36. The van der Waals surface area contributed by atoms with E-state index in [1.807, 2.05) is 20.8 Å². The zero-order valence-corrected chi connectivity index (χ0v) is 10.9. The molecule has 1 heterocycles. The van der Waals surface area contributed by atoms with E-state index >= 15 is 0 Å². The molecule has 2 N–H and O–H groups in total. The average Bonchev–Trinajstić information content (AvgIpc) is 2.80. The number of Topliss-reactive ketones (excluding diaryl/α,β-unsaturated/α-hetero) is 1. The molecule has 0 atom stereocenters. The molecule has 0 aliphatic heterocycles. The first-order valence-corrected chi connectivity index (χ1v) is 6.28. The van der Waals surface area contributed by atoms with Gasteiger partial charge in [-0.3, -0.25) is 4.79 Å². The van der Waals surface area contributed by atoms with E-state index in [2.05, 4.69) is 10.3 Å². The Morgan fingerprint density at radius 2 is 2.06 bits per heavy atom. The van der Waals surface area contributed by atoms with Crippen LogP contribution in [-0.4, -0.2) is 27.3 Å². The zero-order valence-electron chi connectivity index (χ0n) is 10.9. The van der Waals surface area contributed by atoms with Crippen LogP contribution in [0.5, 0.6) is 0 Å². The van der Waals surface area contributed by atoms with Gasteiger partial charge in [-0.15, -0.1) is 5.10 Å². The highest BCUT2D eigenvalue weighted by atomic mass is 16.1. The molecule has 17 heavy (non-hydrogen) atoms. The smallest absolute Gasteiger partial charge is 0.189 e. The number of nitrogens with two attached hydrogens (primary N) is 1. The number of ketones is 1. The molecule has 0 amide bonds.